The minimum atomic E-state index is -0.0255. The van der Waals surface area contributed by atoms with Gasteiger partial charge in [0.25, 0.3) is 0 Å². The van der Waals surface area contributed by atoms with E-state index in [1.165, 1.54) is 9.99 Å². The first kappa shape index (κ1) is 12.8. The number of amides is 1. The number of halogens is 1. The maximum Gasteiger partial charge on any atom is 0.241 e. The first-order valence-corrected chi connectivity index (χ1v) is 7.05. The van der Waals surface area contributed by atoms with Crippen LogP contribution in [0.15, 0.2) is 18.2 Å². The third-order valence-electron chi connectivity index (χ3n) is 3.07. The molecule has 1 amide bonds. The molecule has 0 bridgehead atoms. The van der Waals surface area contributed by atoms with Gasteiger partial charge in [-0.15, -0.1) is 0 Å². The summed E-state index contributed by atoms with van der Waals surface area (Å²) in [6, 6.07) is 6.03. The molecule has 17 heavy (non-hydrogen) atoms. The summed E-state index contributed by atoms with van der Waals surface area (Å²) in [5.41, 5.74) is 2.03. The van der Waals surface area contributed by atoms with Crippen molar-refractivity contribution in [1.82, 2.24) is 5.32 Å². The van der Waals surface area contributed by atoms with Gasteiger partial charge < -0.3 is 10.6 Å². The number of carbonyl (C=O) groups is 1. The summed E-state index contributed by atoms with van der Waals surface area (Å²) in [6.45, 7) is 2.97. The van der Waals surface area contributed by atoms with Crippen molar-refractivity contribution in [3.8, 4) is 0 Å². The van der Waals surface area contributed by atoms with Gasteiger partial charge in [0.2, 0.25) is 5.91 Å². The Hall–Kier alpha value is -0.620. The lowest BCUT2D eigenvalue weighted by atomic mass is 10.0. The van der Waals surface area contributed by atoms with E-state index in [1.54, 1.807) is 0 Å². The monoisotopic (exact) mass is 344 g/mol. The Bertz CT molecular complexity index is 414. The highest BCUT2D eigenvalue weighted by atomic mass is 127. The number of rotatable bonds is 2. The second kappa shape index (κ2) is 5.82. The molecule has 4 heteroatoms. The fourth-order valence-corrected chi connectivity index (χ4v) is 2.71. The molecule has 0 aromatic heterocycles. The fraction of sp³-hybridized carbons (Fsp3) is 0.462. The van der Waals surface area contributed by atoms with Crippen LogP contribution in [0.5, 0.6) is 0 Å². The molecule has 1 aliphatic rings. The van der Waals surface area contributed by atoms with E-state index < -0.39 is 0 Å². The van der Waals surface area contributed by atoms with Crippen molar-refractivity contribution in [1.29, 1.82) is 0 Å². The lowest BCUT2D eigenvalue weighted by molar-refractivity contribution is -0.118. The molecule has 2 rings (SSSR count). The van der Waals surface area contributed by atoms with Crippen molar-refractivity contribution in [2.75, 3.05) is 11.9 Å². The number of aryl methyl sites for hydroxylation is 1. The zero-order chi connectivity index (χ0) is 12.3. The number of anilines is 1. The third kappa shape index (κ3) is 3.42. The van der Waals surface area contributed by atoms with Crippen LogP contribution in [-0.2, 0) is 4.79 Å². The SMILES string of the molecule is Cc1cc(I)ccc1NC(=O)[C@@H]1CCCCN1. The molecular weight excluding hydrogens is 327 g/mol. The van der Waals surface area contributed by atoms with Gasteiger partial charge >= 0.3 is 0 Å². The van der Waals surface area contributed by atoms with Gasteiger partial charge in [0.15, 0.2) is 0 Å². The number of hydrogen-bond acceptors (Lipinski definition) is 2. The second-order valence-corrected chi connectivity index (χ2v) is 5.70. The van der Waals surface area contributed by atoms with Crippen molar-refractivity contribution in [3.63, 3.8) is 0 Å². The Morgan fingerprint density at radius 2 is 2.29 bits per heavy atom. The molecule has 0 spiro atoms. The van der Waals surface area contributed by atoms with Crippen molar-refractivity contribution in [2.45, 2.75) is 32.2 Å². The minimum absolute atomic E-state index is 0.0255. The van der Waals surface area contributed by atoms with Gasteiger partial charge in [-0.2, -0.15) is 0 Å². The lowest BCUT2D eigenvalue weighted by Crippen LogP contribution is -2.43. The summed E-state index contributed by atoms with van der Waals surface area (Å²) in [5.74, 6) is 0.0917. The van der Waals surface area contributed by atoms with Crippen molar-refractivity contribution in [2.24, 2.45) is 0 Å². The number of carbonyl (C=O) groups excluding carboxylic acids is 1. The Morgan fingerprint density at radius 1 is 1.47 bits per heavy atom. The Labute approximate surface area is 116 Å². The first-order chi connectivity index (χ1) is 8.16. The van der Waals surface area contributed by atoms with Gasteiger partial charge in [-0.25, -0.2) is 0 Å². The Morgan fingerprint density at radius 3 is 2.94 bits per heavy atom. The molecule has 0 unspecified atom stereocenters. The van der Waals surface area contributed by atoms with Crippen LogP contribution < -0.4 is 10.6 Å². The van der Waals surface area contributed by atoms with Gasteiger partial charge in [-0.05, 0) is 72.7 Å². The highest BCUT2D eigenvalue weighted by Gasteiger charge is 2.20. The number of nitrogens with one attached hydrogen (secondary N) is 2. The largest absolute Gasteiger partial charge is 0.324 e. The Balaban J connectivity index is 2.02. The van der Waals surface area contributed by atoms with E-state index in [1.807, 2.05) is 19.1 Å². The van der Waals surface area contributed by atoms with Crippen LogP contribution in [0.3, 0.4) is 0 Å². The van der Waals surface area contributed by atoms with Crippen LogP contribution in [0.25, 0.3) is 0 Å². The molecule has 1 saturated heterocycles. The van der Waals surface area contributed by atoms with Gasteiger partial charge in [-0.3, -0.25) is 4.79 Å². The van der Waals surface area contributed by atoms with E-state index in [0.717, 1.165) is 30.6 Å². The maximum atomic E-state index is 12.0. The number of piperidine rings is 1. The third-order valence-corrected chi connectivity index (χ3v) is 3.74. The average Bonchev–Trinajstić information content (AvgIpc) is 2.34. The highest BCUT2D eigenvalue weighted by molar-refractivity contribution is 14.1. The molecule has 1 aromatic carbocycles. The summed E-state index contributed by atoms with van der Waals surface area (Å²) in [7, 11) is 0. The molecule has 1 fully saturated rings. The normalized spacial score (nSPS) is 20.0. The summed E-state index contributed by atoms with van der Waals surface area (Å²) in [5, 5.41) is 6.26. The van der Waals surface area contributed by atoms with Crippen LogP contribution in [-0.4, -0.2) is 18.5 Å². The van der Waals surface area contributed by atoms with Gasteiger partial charge in [0.05, 0.1) is 6.04 Å². The van der Waals surface area contributed by atoms with E-state index >= 15 is 0 Å². The standard InChI is InChI=1S/C13H17IN2O/c1-9-8-10(14)5-6-11(9)16-13(17)12-4-2-3-7-15-12/h5-6,8,12,15H,2-4,7H2,1H3,(H,16,17)/t12-/m0/s1. The Kier molecular flexibility index (Phi) is 4.39. The van der Waals surface area contributed by atoms with Gasteiger partial charge in [0, 0.05) is 9.26 Å². The molecule has 2 N–H and O–H groups in total. The summed E-state index contributed by atoms with van der Waals surface area (Å²) in [6.07, 6.45) is 3.25. The smallest absolute Gasteiger partial charge is 0.241 e. The van der Waals surface area contributed by atoms with Gasteiger partial charge in [-0.1, -0.05) is 6.42 Å². The van der Waals surface area contributed by atoms with E-state index in [9.17, 15) is 4.79 Å². The van der Waals surface area contributed by atoms with Gasteiger partial charge in [0.1, 0.15) is 0 Å². The van der Waals surface area contributed by atoms with E-state index in [4.69, 9.17) is 0 Å². The molecule has 92 valence electrons. The number of hydrogen-bond donors (Lipinski definition) is 2. The van der Waals surface area contributed by atoms with Crippen LogP contribution >= 0.6 is 22.6 Å². The van der Waals surface area contributed by atoms with Crippen LogP contribution in [0.2, 0.25) is 0 Å². The number of benzene rings is 1. The molecule has 0 aliphatic carbocycles. The quantitative estimate of drug-likeness (QED) is 0.810. The van der Waals surface area contributed by atoms with E-state index in [0.29, 0.717) is 0 Å². The first-order valence-electron chi connectivity index (χ1n) is 5.97. The van der Waals surface area contributed by atoms with E-state index in [-0.39, 0.29) is 11.9 Å². The van der Waals surface area contributed by atoms with Crippen molar-refractivity contribution in [3.05, 3.63) is 27.3 Å². The van der Waals surface area contributed by atoms with Crippen molar-refractivity contribution < 1.29 is 4.79 Å². The summed E-state index contributed by atoms with van der Waals surface area (Å²) < 4.78 is 1.19. The molecule has 1 heterocycles. The molecule has 3 nitrogen and oxygen atoms in total. The highest BCUT2D eigenvalue weighted by Crippen LogP contribution is 2.18. The van der Waals surface area contributed by atoms with Crippen LogP contribution in [0.1, 0.15) is 24.8 Å². The topological polar surface area (TPSA) is 41.1 Å². The lowest BCUT2D eigenvalue weighted by Gasteiger charge is -2.23. The molecule has 1 aromatic rings. The van der Waals surface area contributed by atoms with Crippen LogP contribution in [0, 0.1) is 10.5 Å². The minimum Gasteiger partial charge on any atom is -0.324 e. The average molecular weight is 344 g/mol. The predicted molar refractivity (Wildman–Crippen MR) is 78.2 cm³/mol. The summed E-state index contributed by atoms with van der Waals surface area (Å²) in [4.78, 5) is 12.0. The molecular formula is C13H17IN2O. The zero-order valence-electron chi connectivity index (χ0n) is 9.92. The predicted octanol–water partition coefficient (Wildman–Crippen LogP) is 2.68. The maximum absolute atomic E-state index is 12.0. The fourth-order valence-electron chi connectivity index (χ4n) is 2.06. The zero-order valence-corrected chi connectivity index (χ0v) is 12.1. The van der Waals surface area contributed by atoms with E-state index in [2.05, 4.69) is 39.3 Å². The molecule has 1 atom stereocenters. The van der Waals surface area contributed by atoms with Crippen LogP contribution in [0.4, 0.5) is 5.69 Å². The second-order valence-electron chi connectivity index (χ2n) is 4.45. The summed E-state index contributed by atoms with van der Waals surface area (Å²) >= 11 is 2.27. The van der Waals surface area contributed by atoms with Crippen molar-refractivity contribution >= 4 is 34.2 Å². The molecule has 0 radical (unpaired) electrons. The molecule has 1 aliphatic heterocycles. The molecule has 0 saturated carbocycles.